The van der Waals surface area contributed by atoms with Crippen LogP contribution in [0.5, 0.6) is 0 Å². The van der Waals surface area contributed by atoms with Crippen molar-refractivity contribution in [2.75, 3.05) is 33.4 Å². The smallest absolute Gasteiger partial charge is 0.227 e. The van der Waals surface area contributed by atoms with Gasteiger partial charge in [0, 0.05) is 33.2 Å². The lowest BCUT2D eigenvalue weighted by atomic mass is 9.78. The number of amides is 1. The van der Waals surface area contributed by atoms with Gasteiger partial charge in [0.05, 0.1) is 12.0 Å². The third-order valence-electron chi connectivity index (χ3n) is 4.40. The van der Waals surface area contributed by atoms with Crippen LogP contribution in [0.25, 0.3) is 0 Å². The van der Waals surface area contributed by atoms with Crippen LogP contribution in [-0.4, -0.2) is 44.9 Å². The Morgan fingerprint density at radius 3 is 2.45 bits per heavy atom. The zero-order valence-corrected chi connectivity index (χ0v) is 13.2. The van der Waals surface area contributed by atoms with E-state index in [0.29, 0.717) is 26.3 Å². The van der Waals surface area contributed by atoms with Gasteiger partial charge in [-0.3, -0.25) is 4.79 Å². The molecule has 0 aromatic carbocycles. The van der Waals surface area contributed by atoms with Gasteiger partial charge in [-0.25, -0.2) is 0 Å². The molecular formula is C15H30N2O3. The van der Waals surface area contributed by atoms with E-state index >= 15 is 0 Å². The Hall–Kier alpha value is -0.650. The highest BCUT2D eigenvalue weighted by Gasteiger charge is 2.39. The van der Waals surface area contributed by atoms with Crippen molar-refractivity contribution in [3.05, 3.63) is 0 Å². The lowest BCUT2D eigenvalue weighted by molar-refractivity contribution is -0.133. The first-order chi connectivity index (χ1) is 9.58. The van der Waals surface area contributed by atoms with Gasteiger partial charge in [0.1, 0.15) is 5.60 Å². The van der Waals surface area contributed by atoms with Crippen LogP contribution < -0.4 is 11.1 Å². The predicted molar refractivity (Wildman–Crippen MR) is 79.5 cm³/mol. The van der Waals surface area contributed by atoms with Gasteiger partial charge in [0.15, 0.2) is 0 Å². The number of carbonyl (C=O) groups excluding carboxylic acids is 1. The van der Waals surface area contributed by atoms with Crippen molar-refractivity contribution in [2.24, 2.45) is 11.1 Å². The molecule has 20 heavy (non-hydrogen) atoms. The number of nitrogens with one attached hydrogen (secondary N) is 1. The fourth-order valence-electron chi connectivity index (χ4n) is 3.00. The van der Waals surface area contributed by atoms with Crippen LogP contribution in [0, 0.1) is 5.41 Å². The highest BCUT2D eigenvalue weighted by molar-refractivity contribution is 5.83. The summed E-state index contributed by atoms with van der Waals surface area (Å²) in [5, 5.41) is 3.05. The number of methoxy groups -OCH3 is 1. The van der Waals surface area contributed by atoms with Gasteiger partial charge >= 0.3 is 0 Å². The standard InChI is InChI=1S/C15H30N2O3/c1-4-6-14(10-16,7-5-2)13(18)17-11-15(19-3)8-9-20-12-15/h4-12,16H2,1-3H3,(H,17,18). The molecule has 0 spiro atoms. The van der Waals surface area contributed by atoms with E-state index in [2.05, 4.69) is 19.2 Å². The van der Waals surface area contributed by atoms with E-state index < -0.39 is 5.41 Å². The van der Waals surface area contributed by atoms with Gasteiger partial charge in [0.2, 0.25) is 5.91 Å². The number of ether oxygens (including phenoxy) is 2. The molecule has 1 aliphatic rings. The van der Waals surface area contributed by atoms with E-state index in [1.165, 1.54) is 0 Å². The fraction of sp³-hybridized carbons (Fsp3) is 0.933. The molecule has 0 aromatic rings. The molecule has 5 heteroatoms. The minimum absolute atomic E-state index is 0.0621. The monoisotopic (exact) mass is 286 g/mol. The Bertz CT molecular complexity index is 295. The van der Waals surface area contributed by atoms with E-state index in [9.17, 15) is 4.79 Å². The van der Waals surface area contributed by atoms with Crippen LogP contribution in [0.1, 0.15) is 46.0 Å². The minimum Gasteiger partial charge on any atom is -0.378 e. The summed E-state index contributed by atoms with van der Waals surface area (Å²) < 4.78 is 10.9. The quantitative estimate of drug-likeness (QED) is 0.673. The maximum atomic E-state index is 12.6. The van der Waals surface area contributed by atoms with E-state index in [1.807, 2.05) is 0 Å². The molecule has 1 fully saturated rings. The van der Waals surface area contributed by atoms with Gasteiger partial charge < -0.3 is 20.5 Å². The van der Waals surface area contributed by atoms with E-state index in [4.69, 9.17) is 15.2 Å². The minimum atomic E-state index is -0.433. The molecule has 118 valence electrons. The van der Waals surface area contributed by atoms with Crippen molar-refractivity contribution in [3.63, 3.8) is 0 Å². The maximum Gasteiger partial charge on any atom is 0.227 e. The van der Waals surface area contributed by atoms with Gasteiger partial charge in [-0.15, -0.1) is 0 Å². The van der Waals surface area contributed by atoms with Crippen molar-refractivity contribution in [1.82, 2.24) is 5.32 Å². The van der Waals surface area contributed by atoms with Crippen LogP contribution in [0.4, 0.5) is 0 Å². The summed E-state index contributed by atoms with van der Waals surface area (Å²) in [7, 11) is 1.68. The molecule has 1 saturated heterocycles. The Kier molecular flexibility index (Phi) is 6.92. The summed E-state index contributed by atoms with van der Waals surface area (Å²) in [5.74, 6) is 0.0621. The molecule has 1 aliphatic heterocycles. The highest BCUT2D eigenvalue weighted by atomic mass is 16.5. The lowest BCUT2D eigenvalue weighted by Crippen LogP contribution is -2.51. The molecule has 1 atom stereocenters. The van der Waals surface area contributed by atoms with Gasteiger partial charge in [0.25, 0.3) is 0 Å². The Labute approximate surface area is 122 Å². The van der Waals surface area contributed by atoms with Crippen molar-refractivity contribution < 1.29 is 14.3 Å². The van der Waals surface area contributed by atoms with Crippen LogP contribution in [0.3, 0.4) is 0 Å². The van der Waals surface area contributed by atoms with Crippen LogP contribution in [-0.2, 0) is 14.3 Å². The van der Waals surface area contributed by atoms with E-state index in [1.54, 1.807) is 7.11 Å². The molecule has 1 rings (SSSR count). The molecule has 0 aromatic heterocycles. The summed E-state index contributed by atoms with van der Waals surface area (Å²) in [5.41, 5.74) is 5.11. The second-order valence-corrected chi connectivity index (χ2v) is 5.86. The molecule has 0 bridgehead atoms. The summed E-state index contributed by atoms with van der Waals surface area (Å²) >= 11 is 0. The molecule has 5 nitrogen and oxygen atoms in total. The highest BCUT2D eigenvalue weighted by Crippen LogP contribution is 2.30. The Morgan fingerprint density at radius 2 is 2.05 bits per heavy atom. The summed E-state index contributed by atoms with van der Waals surface area (Å²) in [4.78, 5) is 12.6. The topological polar surface area (TPSA) is 73.6 Å². The summed E-state index contributed by atoms with van der Waals surface area (Å²) in [6.45, 7) is 6.31. The largest absolute Gasteiger partial charge is 0.378 e. The lowest BCUT2D eigenvalue weighted by Gasteiger charge is -2.33. The number of rotatable bonds is 9. The molecular weight excluding hydrogens is 256 g/mol. The van der Waals surface area contributed by atoms with Crippen LogP contribution in [0.2, 0.25) is 0 Å². The number of hydrogen-bond donors (Lipinski definition) is 2. The van der Waals surface area contributed by atoms with Gasteiger partial charge in [-0.05, 0) is 12.8 Å². The third kappa shape index (κ3) is 3.93. The van der Waals surface area contributed by atoms with Crippen molar-refractivity contribution >= 4 is 5.91 Å². The summed E-state index contributed by atoms with van der Waals surface area (Å²) in [6.07, 6.45) is 4.41. The molecule has 0 radical (unpaired) electrons. The Morgan fingerprint density at radius 1 is 1.40 bits per heavy atom. The maximum absolute atomic E-state index is 12.6. The van der Waals surface area contributed by atoms with Crippen molar-refractivity contribution in [2.45, 2.75) is 51.6 Å². The first-order valence-electron chi connectivity index (χ1n) is 7.69. The zero-order chi connectivity index (χ0) is 15.1. The molecule has 0 aliphatic carbocycles. The fourth-order valence-corrected chi connectivity index (χ4v) is 3.00. The molecule has 1 unspecified atom stereocenters. The SMILES string of the molecule is CCCC(CN)(CCC)C(=O)NCC1(OC)CCOC1. The second kappa shape index (κ2) is 7.96. The van der Waals surface area contributed by atoms with Gasteiger partial charge in [-0.2, -0.15) is 0 Å². The molecule has 0 saturated carbocycles. The molecule has 3 N–H and O–H groups in total. The second-order valence-electron chi connectivity index (χ2n) is 5.86. The number of carbonyl (C=O) groups is 1. The molecule has 1 heterocycles. The van der Waals surface area contributed by atoms with Crippen molar-refractivity contribution in [3.8, 4) is 0 Å². The van der Waals surface area contributed by atoms with Gasteiger partial charge in [-0.1, -0.05) is 26.7 Å². The van der Waals surface area contributed by atoms with E-state index in [-0.39, 0.29) is 11.5 Å². The average Bonchev–Trinajstić information content (AvgIpc) is 2.94. The zero-order valence-electron chi connectivity index (χ0n) is 13.2. The first-order valence-corrected chi connectivity index (χ1v) is 7.69. The number of nitrogens with two attached hydrogens (primary N) is 1. The summed E-state index contributed by atoms with van der Waals surface area (Å²) in [6, 6.07) is 0. The number of hydrogen-bond acceptors (Lipinski definition) is 4. The van der Waals surface area contributed by atoms with Crippen molar-refractivity contribution in [1.29, 1.82) is 0 Å². The first kappa shape index (κ1) is 17.4. The van der Waals surface area contributed by atoms with Crippen LogP contribution in [0.15, 0.2) is 0 Å². The normalized spacial score (nSPS) is 23.0. The average molecular weight is 286 g/mol. The third-order valence-corrected chi connectivity index (χ3v) is 4.40. The van der Waals surface area contributed by atoms with E-state index in [0.717, 1.165) is 32.1 Å². The Balaban J connectivity index is 2.65. The van der Waals surface area contributed by atoms with Crippen LogP contribution >= 0.6 is 0 Å². The predicted octanol–water partition coefficient (Wildman–Crippen LogP) is 1.45. The molecule has 1 amide bonds.